The number of aliphatic hydroxyl groups excluding tert-OH is 1. The van der Waals surface area contributed by atoms with Crippen molar-refractivity contribution in [3.63, 3.8) is 0 Å². The van der Waals surface area contributed by atoms with Gasteiger partial charge >= 0.3 is 6.18 Å². The van der Waals surface area contributed by atoms with Crippen molar-refractivity contribution < 1.29 is 18.3 Å². The molecule has 1 aromatic heterocycles. The molecular formula is C19H19F3N2O. The topological polar surface area (TPSA) is 37.2 Å². The molecule has 1 heterocycles. The van der Waals surface area contributed by atoms with Gasteiger partial charge in [0.25, 0.3) is 0 Å². The van der Waals surface area contributed by atoms with Gasteiger partial charge in [-0.15, -0.1) is 0 Å². The summed E-state index contributed by atoms with van der Waals surface area (Å²) in [6.07, 6.45) is -3.48. The Kier molecular flexibility index (Phi) is 4.83. The van der Waals surface area contributed by atoms with Crippen LogP contribution < -0.4 is 5.32 Å². The lowest BCUT2D eigenvalue weighted by Gasteiger charge is -2.26. The minimum absolute atomic E-state index is 0.318. The van der Waals surface area contributed by atoms with E-state index < -0.39 is 23.9 Å². The van der Waals surface area contributed by atoms with Crippen molar-refractivity contribution in [2.75, 3.05) is 13.6 Å². The molecule has 3 rings (SSSR count). The molecule has 25 heavy (non-hydrogen) atoms. The average molecular weight is 348 g/mol. The molecule has 6 heteroatoms. The molecule has 2 atom stereocenters. The third-order valence-corrected chi connectivity index (χ3v) is 4.27. The molecule has 0 amide bonds. The highest BCUT2D eigenvalue weighted by atomic mass is 19.4. The number of aliphatic hydroxyl groups is 1. The number of benzene rings is 2. The zero-order valence-electron chi connectivity index (χ0n) is 13.7. The number of halogens is 3. The van der Waals surface area contributed by atoms with Crippen molar-refractivity contribution in [3.05, 3.63) is 71.9 Å². The van der Waals surface area contributed by atoms with Crippen molar-refractivity contribution >= 4 is 10.9 Å². The third-order valence-electron chi connectivity index (χ3n) is 4.27. The first-order valence-corrected chi connectivity index (χ1v) is 7.97. The maximum atomic E-state index is 13.1. The van der Waals surface area contributed by atoms with Gasteiger partial charge in [-0.2, -0.15) is 13.2 Å². The lowest BCUT2D eigenvalue weighted by Crippen LogP contribution is -2.33. The molecule has 0 aliphatic carbocycles. The number of nitrogens with one attached hydrogen (secondary N) is 1. The van der Waals surface area contributed by atoms with Crippen molar-refractivity contribution in [2.24, 2.45) is 0 Å². The Balaban J connectivity index is 2.15. The maximum Gasteiger partial charge on any atom is 0.416 e. The minimum atomic E-state index is -4.41. The van der Waals surface area contributed by atoms with Crippen LogP contribution in [0.5, 0.6) is 0 Å². The van der Waals surface area contributed by atoms with Crippen molar-refractivity contribution in [1.82, 2.24) is 9.88 Å². The molecule has 3 aromatic rings. The highest BCUT2D eigenvalue weighted by Gasteiger charge is 2.31. The minimum Gasteiger partial charge on any atom is -0.389 e. The summed E-state index contributed by atoms with van der Waals surface area (Å²) in [6, 6.07) is 14.2. The van der Waals surface area contributed by atoms with Gasteiger partial charge in [-0.25, -0.2) is 0 Å². The van der Waals surface area contributed by atoms with Crippen LogP contribution in [-0.4, -0.2) is 29.4 Å². The van der Waals surface area contributed by atoms with Crippen molar-refractivity contribution in [1.29, 1.82) is 0 Å². The fraction of sp³-hybridized carbons (Fsp3) is 0.263. The van der Waals surface area contributed by atoms with Gasteiger partial charge in [-0.3, -0.25) is 0 Å². The summed E-state index contributed by atoms with van der Waals surface area (Å²) in [5.74, 6) is 0. The van der Waals surface area contributed by atoms with E-state index in [1.54, 1.807) is 23.9 Å². The average Bonchev–Trinajstić information content (AvgIpc) is 2.99. The summed E-state index contributed by atoms with van der Waals surface area (Å²) >= 11 is 0. The number of rotatable bonds is 5. The van der Waals surface area contributed by atoms with Gasteiger partial charge in [0.05, 0.1) is 17.7 Å². The van der Waals surface area contributed by atoms with Gasteiger partial charge in [-0.1, -0.05) is 36.4 Å². The summed E-state index contributed by atoms with van der Waals surface area (Å²) in [7, 11) is 1.72. The lowest BCUT2D eigenvalue weighted by atomic mass is 10.0. The Morgan fingerprint density at radius 1 is 1.08 bits per heavy atom. The van der Waals surface area contributed by atoms with E-state index in [2.05, 4.69) is 5.32 Å². The highest BCUT2D eigenvalue weighted by Crippen LogP contribution is 2.34. The van der Waals surface area contributed by atoms with Crippen LogP contribution >= 0.6 is 0 Å². The predicted octanol–water partition coefficient (Wildman–Crippen LogP) is 3.83. The Labute approximate surface area is 143 Å². The summed E-state index contributed by atoms with van der Waals surface area (Å²) in [4.78, 5) is 0. The molecule has 0 aliphatic heterocycles. The molecular weight excluding hydrogens is 329 g/mol. The van der Waals surface area contributed by atoms with Gasteiger partial charge in [0, 0.05) is 18.3 Å². The summed E-state index contributed by atoms with van der Waals surface area (Å²) in [5.41, 5.74) is 0.578. The third kappa shape index (κ3) is 3.55. The second-order valence-corrected chi connectivity index (χ2v) is 5.97. The van der Waals surface area contributed by atoms with Crippen LogP contribution in [0.15, 0.2) is 60.8 Å². The van der Waals surface area contributed by atoms with Gasteiger partial charge in [-0.05, 0) is 36.2 Å². The van der Waals surface area contributed by atoms with E-state index in [1.807, 2.05) is 30.3 Å². The first kappa shape index (κ1) is 17.5. The van der Waals surface area contributed by atoms with Crippen LogP contribution in [0.4, 0.5) is 13.2 Å². The molecule has 0 spiro atoms. The summed E-state index contributed by atoms with van der Waals surface area (Å²) in [6.45, 7) is 0.318. The number of alkyl halides is 3. The normalized spacial score (nSPS) is 14.6. The van der Waals surface area contributed by atoms with Gasteiger partial charge in [0.15, 0.2) is 0 Å². The lowest BCUT2D eigenvalue weighted by molar-refractivity contribution is -0.137. The van der Waals surface area contributed by atoms with Crippen LogP contribution in [0.2, 0.25) is 0 Å². The molecule has 2 aromatic carbocycles. The second-order valence-electron chi connectivity index (χ2n) is 5.97. The van der Waals surface area contributed by atoms with Crippen LogP contribution in [0.3, 0.4) is 0 Å². The number of fused-ring (bicyclic) bond motifs is 1. The Bertz CT molecular complexity index is 843. The summed E-state index contributed by atoms with van der Waals surface area (Å²) < 4.78 is 41.0. The molecule has 3 nitrogen and oxygen atoms in total. The molecule has 0 saturated carbocycles. The Morgan fingerprint density at radius 3 is 2.44 bits per heavy atom. The molecule has 0 fully saturated rings. The highest BCUT2D eigenvalue weighted by molar-refractivity contribution is 5.81. The fourth-order valence-electron chi connectivity index (χ4n) is 3.11. The molecule has 0 bridgehead atoms. The van der Waals surface area contributed by atoms with Crippen molar-refractivity contribution in [3.8, 4) is 0 Å². The Hall–Kier alpha value is -2.31. The molecule has 132 valence electrons. The van der Waals surface area contributed by atoms with E-state index in [1.165, 1.54) is 6.07 Å². The van der Waals surface area contributed by atoms with Crippen LogP contribution in [0, 0.1) is 0 Å². The molecule has 0 saturated heterocycles. The van der Waals surface area contributed by atoms with E-state index in [0.717, 1.165) is 17.7 Å². The quantitative estimate of drug-likeness (QED) is 0.735. The second kappa shape index (κ2) is 6.90. The number of likely N-dealkylation sites (N-methyl/N-ethyl adjacent to an activating group) is 1. The number of aromatic nitrogens is 1. The Morgan fingerprint density at radius 2 is 1.80 bits per heavy atom. The van der Waals surface area contributed by atoms with Gasteiger partial charge < -0.3 is 15.0 Å². The van der Waals surface area contributed by atoms with Crippen LogP contribution in [0.25, 0.3) is 10.9 Å². The van der Waals surface area contributed by atoms with E-state index in [9.17, 15) is 18.3 Å². The SMILES string of the molecule is CNC[C@@H](O)[C@H](c1ccccc1)n1ccc2ccc(C(F)(F)F)cc21. The zero-order chi connectivity index (χ0) is 18.0. The van der Waals surface area contributed by atoms with E-state index >= 15 is 0 Å². The van der Waals surface area contributed by atoms with Gasteiger partial charge in [0.1, 0.15) is 0 Å². The first-order valence-electron chi connectivity index (χ1n) is 7.97. The molecule has 0 radical (unpaired) electrons. The fourth-order valence-corrected chi connectivity index (χ4v) is 3.11. The smallest absolute Gasteiger partial charge is 0.389 e. The largest absolute Gasteiger partial charge is 0.416 e. The van der Waals surface area contributed by atoms with E-state index in [-0.39, 0.29) is 0 Å². The van der Waals surface area contributed by atoms with Crippen molar-refractivity contribution in [2.45, 2.75) is 18.3 Å². The molecule has 2 N–H and O–H groups in total. The van der Waals surface area contributed by atoms with Gasteiger partial charge in [0.2, 0.25) is 0 Å². The van der Waals surface area contributed by atoms with E-state index in [4.69, 9.17) is 0 Å². The molecule has 0 aliphatic rings. The number of hydrogen-bond donors (Lipinski definition) is 2. The standard InChI is InChI=1S/C19H19F3N2O/c1-23-12-17(25)18(14-5-3-2-4-6-14)24-10-9-13-7-8-15(11-16(13)24)19(20,21)22/h2-11,17-18,23,25H,12H2,1H3/t17-,18+/m1/s1. The number of nitrogens with zero attached hydrogens (tertiary/aromatic N) is 1. The zero-order valence-corrected chi connectivity index (χ0v) is 13.7. The summed E-state index contributed by atoms with van der Waals surface area (Å²) in [5, 5.41) is 14.2. The molecule has 0 unspecified atom stereocenters. The maximum absolute atomic E-state index is 13.1. The number of hydrogen-bond acceptors (Lipinski definition) is 2. The van der Waals surface area contributed by atoms with Crippen LogP contribution in [-0.2, 0) is 6.18 Å². The first-order chi connectivity index (χ1) is 11.9. The van der Waals surface area contributed by atoms with E-state index in [0.29, 0.717) is 17.4 Å². The monoisotopic (exact) mass is 348 g/mol. The predicted molar refractivity (Wildman–Crippen MR) is 91.5 cm³/mol. The van der Waals surface area contributed by atoms with Crippen LogP contribution in [0.1, 0.15) is 17.2 Å².